The van der Waals surface area contributed by atoms with E-state index in [-0.39, 0.29) is 73.9 Å². The van der Waals surface area contributed by atoms with Crippen LogP contribution in [0.5, 0.6) is 0 Å². The quantitative estimate of drug-likeness (QED) is 0.0920. The lowest BCUT2D eigenvalue weighted by Crippen LogP contribution is -2.15. The summed E-state index contributed by atoms with van der Waals surface area (Å²) in [7, 11) is 1.34. The Bertz CT molecular complexity index is 2670. The van der Waals surface area contributed by atoms with Crippen LogP contribution in [0.15, 0.2) is 84.9 Å². The van der Waals surface area contributed by atoms with Crippen molar-refractivity contribution in [3.63, 3.8) is 0 Å². The van der Waals surface area contributed by atoms with Gasteiger partial charge in [0.15, 0.2) is 11.6 Å². The van der Waals surface area contributed by atoms with Crippen LogP contribution >= 0.6 is 0 Å². The number of fused-ring (bicyclic) bond motifs is 2. The number of rotatable bonds is 10. The summed E-state index contributed by atoms with van der Waals surface area (Å²) in [6, 6.07) is 21.2. The maximum absolute atomic E-state index is 14.3. The normalized spacial score (nSPS) is 13.3. The number of esters is 1. The van der Waals surface area contributed by atoms with E-state index < -0.39 is 41.1 Å². The van der Waals surface area contributed by atoms with Gasteiger partial charge in [0, 0.05) is 12.8 Å². The summed E-state index contributed by atoms with van der Waals surface area (Å²) in [4.78, 5) is 64.6. The van der Waals surface area contributed by atoms with Gasteiger partial charge in [0.25, 0.3) is 11.8 Å². The fourth-order valence-corrected chi connectivity index (χ4v) is 7.00. The fourth-order valence-electron chi connectivity index (χ4n) is 7.00. The third-order valence-electron chi connectivity index (χ3n) is 10.4. The first-order valence-corrected chi connectivity index (χ1v) is 19.0. The number of nitrogens with one attached hydrogen (secondary N) is 2. The van der Waals surface area contributed by atoms with E-state index >= 15 is 0 Å². The standard InChI is InChI=1S/C23H19F2N3O3.C22H17F2N3O3.CH4/c1-12(23(30)31-2)14-8-6-13(7-9-14)10-17-20-18(11-26-22(20)29)28-21(27-17)19-15(24)4-3-5-16(19)25;1-11(22(29)30)13-7-5-12(6-8-13)9-16-19-17(10-25-21(19)28)27-20(26-16)18-14(23)3-2-4-15(18)24;/h3-9,12H,10-11H2,1-2H3,(H,26,29);2-8,11H,9-10H2,1H3,(H,25,28)(H,29,30);1H4. The van der Waals surface area contributed by atoms with E-state index in [1.807, 2.05) is 12.1 Å². The molecule has 0 saturated carbocycles. The Kier molecular flexibility index (Phi) is 13.2. The van der Waals surface area contributed by atoms with Gasteiger partial charge in [-0.1, -0.05) is 68.1 Å². The Labute approximate surface area is 353 Å². The molecule has 8 rings (SSSR count). The van der Waals surface area contributed by atoms with Crippen LogP contribution in [0.2, 0.25) is 0 Å². The minimum Gasteiger partial charge on any atom is -0.481 e. The van der Waals surface area contributed by atoms with Crippen molar-refractivity contribution in [3.05, 3.63) is 164 Å². The van der Waals surface area contributed by atoms with Crippen LogP contribution < -0.4 is 10.6 Å². The molecule has 2 amide bonds. The maximum Gasteiger partial charge on any atom is 0.312 e. The number of halogens is 4. The van der Waals surface area contributed by atoms with Crippen LogP contribution in [0.4, 0.5) is 17.6 Å². The Hall–Kier alpha value is -7.36. The highest BCUT2D eigenvalue weighted by Crippen LogP contribution is 2.30. The van der Waals surface area contributed by atoms with Crippen LogP contribution in [0.1, 0.15) is 98.9 Å². The lowest BCUT2D eigenvalue weighted by molar-refractivity contribution is -0.142. The van der Waals surface area contributed by atoms with Gasteiger partial charge in [-0.2, -0.15) is 0 Å². The molecule has 62 heavy (non-hydrogen) atoms. The second-order valence-electron chi connectivity index (χ2n) is 14.3. The van der Waals surface area contributed by atoms with E-state index in [9.17, 15) is 36.7 Å². The maximum atomic E-state index is 14.3. The summed E-state index contributed by atoms with van der Waals surface area (Å²) < 4.78 is 61.9. The van der Waals surface area contributed by atoms with Gasteiger partial charge < -0.3 is 20.5 Å². The molecule has 16 heteroatoms. The zero-order valence-electron chi connectivity index (χ0n) is 32.9. The van der Waals surface area contributed by atoms with Gasteiger partial charge in [0.05, 0.1) is 77.1 Å². The number of carboxylic acid groups (broad SMARTS) is 1. The minimum absolute atomic E-state index is 0. The van der Waals surface area contributed by atoms with E-state index in [1.54, 1.807) is 50.2 Å². The second-order valence-corrected chi connectivity index (χ2v) is 14.3. The first kappa shape index (κ1) is 44.2. The molecule has 0 fully saturated rings. The molecule has 3 N–H and O–H groups in total. The molecule has 2 aliphatic heterocycles. The molecule has 2 aromatic heterocycles. The van der Waals surface area contributed by atoms with Crippen molar-refractivity contribution in [2.24, 2.45) is 0 Å². The van der Waals surface area contributed by atoms with Crippen molar-refractivity contribution in [2.75, 3.05) is 7.11 Å². The number of hydrogen-bond acceptors (Lipinski definition) is 9. The first-order chi connectivity index (χ1) is 29.2. The number of methoxy groups -OCH3 is 1. The van der Waals surface area contributed by atoms with Gasteiger partial charge in [-0.25, -0.2) is 37.5 Å². The van der Waals surface area contributed by atoms with Gasteiger partial charge in [0.1, 0.15) is 23.3 Å². The number of hydrogen-bond donors (Lipinski definition) is 3. The van der Waals surface area contributed by atoms with E-state index in [0.29, 0.717) is 39.5 Å². The molecule has 0 radical (unpaired) electrons. The molecule has 0 aliphatic carbocycles. The largest absolute Gasteiger partial charge is 0.481 e. The summed E-state index contributed by atoms with van der Waals surface area (Å²) in [5.74, 6) is -6.32. The summed E-state index contributed by atoms with van der Waals surface area (Å²) in [5, 5.41) is 14.5. The lowest BCUT2D eigenvalue weighted by Gasteiger charge is -2.12. The number of aromatic nitrogens is 4. The molecule has 2 atom stereocenters. The second kappa shape index (κ2) is 18.5. The van der Waals surface area contributed by atoms with Crippen molar-refractivity contribution >= 4 is 23.8 Å². The van der Waals surface area contributed by atoms with Crippen LogP contribution in [0.3, 0.4) is 0 Å². The van der Waals surface area contributed by atoms with Crippen LogP contribution in [-0.2, 0) is 40.3 Å². The number of benzene rings is 4. The predicted octanol–water partition coefficient (Wildman–Crippen LogP) is 7.61. The average Bonchev–Trinajstić information content (AvgIpc) is 3.82. The number of amides is 2. The fraction of sp³-hybridized carbons (Fsp3) is 0.217. The monoisotopic (exact) mass is 848 g/mol. The van der Waals surface area contributed by atoms with Crippen molar-refractivity contribution in [1.29, 1.82) is 0 Å². The molecule has 0 bridgehead atoms. The third kappa shape index (κ3) is 9.04. The smallest absolute Gasteiger partial charge is 0.312 e. The van der Waals surface area contributed by atoms with Gasteiger partial charge >= 0.3 is 11.9 Å². The molecular formula is C46H40F4N6O6. The van der Waals surface area contributed by atoms with Crippen LogP contribution in [0.25, 0.3) is 22.8 Å². The lowest BCUT2D eigenvalue weighted by atomic mass is 9.97. The predicted molar refractivity (Wildman–Crippen MR) is 219 cm³/mol. The number of carboxylic acids is 1. The molecule has 0 spiro atoms. The molecule has 6 aromatic rings. The molecule has 4 aromatic carbocycles. The van der Waals surface area contributed by atoms with Crippen molar-refractivity contribution < 1.29 is 46.6 Å². The van der Waals surface area contributed by atoms with Gasteiger partial charge in [0.2, 0.25) is 0 Å². The van der Waals surface area contributed by atoms with Crippen LogP contribution in [0, 0.1) is 23.3 Å². The van der Waals surface area contributed by atoms with Gasteiger partial charge in [-0.15, -0.1) is 0 Å². The Morgan fingerprint density at radius 2 is 0.984 bits per heavy atom. The highest BCUT2D eigenvalue weighted by atomic mass is 19.1. The molecular weight excluding hydrogens is 809 g/mol. The molecule has 4 heterocycles. The Morgan fingerprint density at radius 3 is 1.34 bits per heavy atom. The highest BCUT2D eigenvalue weighted by molar-refractivity contribution is 5.99. The molecule has 12 nitrogen and oxygen atoms in total. The first-order valence-electron chi connectivity index (χ1n) is 19.0. The number of aliphatic carboxylic acids is 1. The number of nitrogens with zero attached hydrogens (tertiary/aromatic N) is 4. The number of ether oxygens (including phenoxy) is 1. The molecule has 0 saturated heterocycles. The SMILES string of the molecule is C.CC(C(=O)O)c1ccc(Cc2nc(-c3c(F)cccc3F)nc3c2C(=O)NC3)cc1.COC(=O)C(C)c1ccc(Cc2nc(-c3c(F)cccc3F)nc3c2C(=O)NC3)cc1. The van der Waals surface area contributed by atoms with Crippen molar-refractivity contribution in [3.8, 4) is 22.8 Å². The number of carbonyl (C=O) groups excluding carboxylic acids is 3. The average molecular weight is 849 g/mol. The van der Waals surface area contributed by atoms with E-state index in [4.69, 9.17) is 9.84 Å². The Morgan fingerprint density at radius 1 is 0.613 bits per heavy atom. The Balaban J connectivity index is 0.000000204. The molecule has 318 valence electrons. The van der Waals surface area contributed by atoms with Crippen LogP contribution in [-0.4, -0.2) is 55.9 Å². The van der Waals surface area contributed by atoms with E-state index in [2.05, 4.69) is 30.6 Å². The molecule has 2 aliphatic rings. The topological polar surface area (TPSA) is 173 Å². The third-order valence-corrected chi connectivity index (χ3v) is 10.4. The zero-order valence-corrected chi connectivity index (χ0v) is 32.9. The van der Waals surface area contributed by atoms with Gasteiger partial charge in [-0.3, -0.25) is 19.2 Å². The van der Waals surface area contributed by atoms with E-state index in [0.717, 1.165) is 41.0 Å². The zero-order chi connectivity index (χ0) is 43.5. The summed E-state index contributed by atoms with van der Waals surface area (Å²) >= 11 is 0. The highest BCUT2D eigenvalue weighted by Gasteiger charge is 2.30. The summed E-state index contributed by atoms with van der Waals surface area (Å²) in [5.41, 5.74) is 4.52. The minimum atomic E-state index is -0.926. The van der Waals surface area contributed by atoms with Crippen molar-refractivity contribution in [1.82, 2.24) is 30.6 Å². The van der Waals surface area contributed by atoms with Crippen molar-refractivity contribution in [2.45, 2.75) is 59.0 Å². The summed E-state index contributed by atoms with van der Waals surface area (Å²) in [6.45, 7) is 3.66. The summed E-state index contributed by atoms with van der Waals surface area (Å²) in [6.07, 6.45) is 0.483. The van der Waals surface area contributed by atoms with E-state index in [1.165, 1.54) is 19.2 Å². The number of carbonyl (C=O) groups is 4. The molecule has 2 unspecified atom stereocenters. The van der Waals surface area contributed by atoms with Gasteiger partial charge in [-0.05, 0) is 60.4 Å².